The number of hydrogen-bond donors (Lipinski definition) is 1. The molecule has 1 rings (SSSR count). The van der Waals surface area contributed by atoms with E-state index in [1.165, 1.54) is 24.3 Å². The minimum atomic E-state index is -0.304. The van der Waals surface area contributed by atoms with Gasteiger partial charge in [-0.3, -0.25) is 0 Å². The molecule has 11 heavy (non-hydrogen) atoms. The summed E-state index contributed by atoms with van der Waals surface area (Å²) < 4.78 is 17.1. The second kappa shape index (κ2) is 3.55. The zero-order valence-corrected chi connectivity index (χ0v) is 5.70. The van der Waals surface area contributed by atoms with Gasteiger partial charge in [0.2, 0.25) is 0 Å². The van der Waals surface area contributed by atoms with Gasteiger partial charge >= 0.3 is 0 Å². The van der Waals surface area contributed by atoms with Crippen molar-refractivity contribution < 1.29 is 9.13 Å². The van der Waals surface area contributed by atoms with Crippen molar-refractivity contribution in [3.8, 4) is 5.75 Å². The van der Waals surface area contributed by atoms with Gasteiger partial charge in [0, 0.05) is 0 Å². The van der Waals surface area contributed by atoms with E-state index in [1.54, 1.807) is 0 Å². The molecule has 0 atom stereocenters. The van der Waals surface area contributed by atoms with Gasteiger partial charge in [-0.15, -0.1) is 0 Å². The molecule has 0 aliphatic carbocycles. The summed E-state index contributed by atoms with van der Waals surface area (Å²) in [5.74, 6) is 4.97. The number of halogens is 1. The number of hydrogen-bond acceptors (Lipinski definition) is 3. The van der Waals surface area contributed by atoms with Crippen LogP contribution in [0.2, 0.25) is 0 Å². The van der Waals surface area contributed by atoms with Gasteiger partial charge in [0.05, 0.1) is 0 Å². The van der Waals surface area contributed by atoms with Crippen LogP contribution in [0.3, 0.4) is 0 Å². The van der Waals surface area contributed by atoms with Gasteiger partial charge in [-0.1, -0.05) is 0 Å². The maximum Gasteiger partial charge on any atom is 0.198 e. The molecule has 0 fully saturated rings. The third-order valence-electron chi connectivity index (χ3n) is 1.06. The molecule has 4 heteroatoms. The highest BCUT2D eigenvalue weighted by molar-refractivity contribution is 5.51. The fourth-order valence-electron chi connectivity index (χ4n) is 0.604. The Hall–Kier alpha value is -1.58. The summed E-state index contributed by atoms with van der Waals surface area (Å²) in [6.45, 7) is 0. The van der Waals surface area contributed by atoms with Crippen molar-refractivity contribution in [2.45, 2.75) is 0 Å². The SMILES string of the molecule is NN=COc1ccc(F)cc1. The summed E-state index contributed by atoms with van der Waals surface area (Å²) in [7, 11) is 0. The predicted octanol–water partition coefficient (Wildman–Crippen LogP) is 1.11. The first-order valence-electron chi connectivity index (χ1n) is 2.97. The zero-order chi connectivity index (χ0) is 8.10. The van der Waals surface area contributed by atoms with Crippen molar-refractivity contribution >= 4 is 6.40 Å². The van der Waals surface area contributed by atoms with Crippen LogP contribution in [0.15, 0.2) is 29.4 Å². The molecule has 0 radical (unpaired) electrons. The molecule has 3 nitrogen and oxygen atoms in total. The minimum Gasteiger partial charge on any atom is -0.444 e. The molecule has 0 saturated heterocycles. The van der Waals surface area contributed by atoms with Gasteiger partial charge in [-0.2, -0.15) is 5.10 Å². The first-order valence-corrected chi connectivity index (χ1v) is 2.97. The maximum absolute atomic E-state index is 12.3. The Balaban J connectivity index is 2.66. The quantitative estimate of drug-likeness (QED) is 0.300. The highest BCUT2D eigenvalue weighted by atomic mass is 19.1. The highest BCUT2D eigenvalue weighted by Gasteiger charge is 1.90. The summed E-state index contributed by atoms with van der Waals surface area (Å²) in [5, 5.41) is 3.11. The van der Waals surface area contributed by atoms with E-state index in [-0.39, 0.29) is 5.82 Å². The molecule has 0 spiro atoms. The first-order chi connectivity index (χ1) is 5.33. The Morgan fingerprint density at radius 2 is 2.00 bits per heavy atom. The molecule has 0 aliphatic rings. The van der Waals surface area contributed by atoms with E-state index in [0.717, 1.165) is 6.40 Å². The smallest absolute Gasteiger partial charge is 0.198 e. The molecule has 1 aromatic carbocycles. The summed E-state index contributed by atoms with van der Waals surface area (Å²) in [4.78, 5) is 0. The molecule has 0 aromatic heterocycles. The van der Waals surface area contributed by atoms with E-state index in [0.29, 0.717) is 5.75 Å². The lowest BCUT2D eigenvalue weighted by Crippen LogP contribution is -1.92. The molecular formula is C7H7FN2O. The molecule has 0 heterocycles. The van der Waals surface area contributed by atoms with Crippen LogP contribution in [-0.4, -0.2) is 6.40 Å². The van der Waals surface area contributed by atoms with Crippen LogP contribution in [0, 0.1) is 5.82 Å². The molecule has 0 unspecified atom stereocenters. The first kappa shape index (κ1) is 7.53. The largest absolute Gasteiger partial charge is 0.444 e. The normalized spacial score (nSPS) is 10.3. The monoisotopic (exact) mass is 154 g/mol. The molecule has 58 valence electrons. The van der Waals surface area contributed by atoms with E-state index < -0.39 is 0 Å². The maximum atomic E-state index is 12.3. The van der Waals surface area contributed by atoms with Crippen LogP contribution in [0.4, 0.5) is 4.39 Å². The predicted molar refractivity (Wildman–Crippen MR) is 39.7 cm³/mol. The standard InChI is InChI=1S/C7H7FN2O/c8-6-1-3-7(4-2-6)11-5-10-9/h1-5H,9H2. The lowest BCUT2D eigenvalue weighted by molar-refractivity contribution is 0.564. The van der Waals surface area contributed by atoms with Crippen LogP contribution in [0.5, 0.6) is 5.75 Å². The summed E-state index contributed by atoms with van der Waals surface area (Å²) in [5.41, 5.74) is 0. The van der Waals surface area contributed by atoms with Crippen molar-refractivity contribution in [2.24, 2.45) is 10.9 Å². The second-order valence-electron chi connectivity index (χ2n) is 1.83. The van der Waals surface area contributed by atoms with E-state index in [4.69, 9.17) is 10.6 Å². The van der Waals surface area contributed by atoms with Gasteiger partial charge in [-0.05, 0) is 24.3 Å². The van der Waals surface area contributed by atoms with Gasteiger partial charge in [0.1, 0.15) is 11.6 Å². The molecular weight excluding hydrogens is 147 g/mol. The van der Waals surface area contributed by atoms with Crippen molar-refractivity contribution in [3.63, 3.8) is 0 Å². The zero-order valence-electron chi connectivity index (χ0n) is 5.70. The third-order valence-corrected chi connectivity index (χ3v) is 1.06. The van der Waals surface area contributed by atoms with Gasteiger partial charge in [-0.25, -0.2) is 4.39 Å². The highest BCUT2D eigenvalue weighted by Crippen LogP contribution is 2.09. The van der Waals surface area contributed by atoms with Crippen LogP contribution >= 0.6 is 0 Å². The number of rotatable bonds is 2. The fraction of sp³-hybridized carbons (Fsp3) is 0. The molecule has 0 amide bonds. The number of hydrazone groups is 1. The van der Waals surface area contributed by atoms with Gasteiger partial charge in [0.15, 0.2) is 6.40 Å². The van der Waals surface area contributed by atoms with Crippen LogP contribution in [-0.2, 0) is 0 Å². The van der Waals surface area contributed by atoms with Crippen LogP contribution in [0.25, 0.3) is 0 Å². The molecule has 1 aromatic rings. The fourth-order valence-corrected chi connectivity index (χ4v) is 0.604. The lowest BCUT2D eigenvalue weighted by Gasteiger charge is -1.96. The summed E-state index contributed by atoms with van der Waals surface area (Å²) >= 11 is 0. The molecule has 0 saturated carbocycles. The third kappa shape index (κ3) is 2.25. The Morgan fingerprint density at radius 1 is 1.36 bits per heavy atom. The van der Waals surface area contributed by atoms with Crippen LogP contribution < -0.4 is 10.6 Å². The molecule has 0 bridgehead atoms. The van der Waals surface area contributed by atoms with Crippen LogP contribution in [0.1, 0.15) is 0 Å². The average molecular weight is 154 g/mol. The molecule has 0 aliphatic heterocycles. The number of nitrogens with zero attached hydrogens (tertiary/aromatic N) is 1. The van der Waals surface area contributed by atoms with E-state index in [1.807, 2.05) is 0 Å². The number of benzene rings is 1. The number of nitrogens with two attached hydrogens (primary N) is 1. The van der Waals surface area contributed by atoms with Crippen molar-refractivity contribution in [1.82, 2.24) is 0 Å². The van der Waals surface area contributed by atoms with E-state index >= 15 is 0 Å². The Labute approximate surface area is 63.3 Å². The van der Waals surface area contributed by atoms with Crippen molar-refractivity contribution in [1.29, 1.82) is 0 Å². The number of ether oxygens (including phenoxy) is 1. The van der Waals surface area contributed by atoms with Crippen molar-refractivity contribution in [2.75, 3.05) is 0 Å². The summed E-state index contributed by atoms with van der Waals surface area (Å²) in [6.07, 6.45) is 1.08. The summed E-state index contributed by atoms with van der Waals surface area (Å²) in [6, 6.07) is 5.55. The lowest BCUT2D eigenvalue weighted by atomic mass is 10.3. The topological polar surface area (TPSA) is 47.6 Å². The Kier molecular flexibility index (Phi) is 2.43. The van der Waals surface area contributed by atoms with E-state index in [2.05, 4.69) is 5.10 Å². The molecule has 2 N–H and O–H groups in total. The second-order valence-corrected chi connectivity index (χ2v) is 1.83. The van der Waals surface area contributed by atoms with Crippen molar-refractivity contribution in [3.05, 3.63) is 30.1 Å². The Morgan fingerprint density at radius 3 is 2.55 bits per heavy atom. The van der Waals surface area contributed by atoms with E-state index in [9.17, 15) is 4.39 Å². The Bertz CT molecular complexity index is 245. The van der Waals surface area contributed by atoms with Gasteiger partial charge in [0.25, 0.3) is 0 Å². The minimum absolute atomic E-state index is 0.304. The van der Waals surface area contributed by atoms with Gasteiger partial charge < -0.3 is 10.6 Å². The average Bonchev–Trinajstić information content (AvgIpc) is 2.04.